The van der Waals surface area contributed by atoms with Gasteiger partial charge in [-0.2, -0.15) is 15.5 Å². The minimum Gasteiger partial charge on any atom is -0.491 e. The highest BCUT2D eigenvalue weighted by molar-refractivity contribution is 5.87. The molecule has 13 heteroatoms. The summed E-state index contributed by atoms with van der Waals surface area (Å²) in [5.41, 5.74) is 6.62. The molecule has 0 amide bonds. The van der Waals surface area contributed by atoms with Crippen molar-refractivity contribution in [3.63, 3.8) is 0 Å². The van der Waals surface area contributed by atoms with Crippen molar-refractivity contribution in [2.45, 2.75) is 23.9 Å². The summed E-state index contributed by atoms with van der Waals surface area (Å²) in [6.45, 7) is -0.133. The second kappa shape index (κ2) is 9.21. The normalized spacial score (nSPS) is 22.8. The van der Waals surface area contributed by atoms with Gasteiger partial charge in [-0.25, -0.2) is 14.5 Å². The molecule has 1 aliphatic heterocycles. The van der Waals surface area contributed by atoms with E-state index in [2.05, 4.69) is 31.6 Å². The number of nitriles is 1. The Bertz CT molecular complexity index is 1740. The van der Waals surface area contributed by atoms with Crippen molar-refractivity contribution >= 4 is 28.1 Å². The Balaban J connectivity index is 1.34. The number of benzene rings is 1. The van der Waals surface area contributed by atoms with Gasteiger partial charge in [0.1, 0.15) is 54.4 Å². The van der Waals surface area contributed by atoms with Crippen LogP contribution in [0.25, 0.3) is 27.7 Å². The Morgan fingerprint density at radius 1 is 1.23 bits per heavy atom. The van der Waals surface area contributed by atoms with E-state index in [1.807, 2.05) is 18.2 Å². The van der Waals surface area contributed by atoms with Gasteiger partial charge in [-0.15, -0.1) is 0 Å². The smallest absolute Gasteiger partial charge is 0.225 e. The van der Waals surface area contributed by atoms with Gasteiger partial charge in [0.15, 0.2) is 5.82 Å². The van der Waals surface area contributed by atoms with E-state index in [0.29, 0.717) is 28.3 Å². The standard InChI is InChI=1S/C26H25N9O4/c1-29-21-6-4-14-3-5-15(9-18(14)32-21)38-11-19-23(36)24(37)26(12-27,39-19)20-10-16(17-7-8-34(2)33-17)22-25(28)30-13-31-35(20)22/h3-10,13,19,23-24,36-37H,11H2,1-2H3,(H,29,32)(H2,28,30,31)/t19-,23-,24-,26+/m1/s1. The summed E-state index contributed by atoms with van der Waals surface area (Å²) in [6.07, 6.45) is -1.07. The number of anilines is 2. The average molecular weight is 528 g/mol. The van der Waals surface area contributed by atoms with Crippen LogP contribution in [0.1, 0.15) is 5.69 Å². The summed E-state index contributed by atoms with van der Waals surface area (Å²) in [5.74, 6) is 1.36. The monoisotopic (exact) mass is 527 g/mol. The fourth-order valence-corrected chi connectivity index (χ4v) is 4.91. The third kappa shape index (κ3) is 3.89. The third-order valence-corrected chi connectivity index (χ3v) is 6.91. The van der Waals surface area contributed by atoms with E-state index >= 15 is 0 Å². The van der Waals surface area contributed by atoms with Crippen LogP contribution in [0.4, 0.5) is 11.6 Å². The van der Waals surface area contributed by atoms with Crippen molar-refractivity contribution in [2.75, 3.05) is 24.7 Å². The molecule has 1 fully saturated rings. The van der Waals surface area contributed by atoms with Gasteiger partial charge in [-0.1, -0.05) is 0 Å². The molecule has 4 aromatic heterocycles. The van der Waals surface area contributed by atoms with Gasteiger partial charge in [0.2, 0.25) is 5.60 Å². The largest absolute Gasteiger partial charge is 0.491 e. The number of aryl methyl sites for hydroxylation is 1. The molecule has 5 aromatic rings. The van der Waals surface area contributed by atoms with E-state index in [4.69, 9.17) is 15.2 Å². The SMILES string of the molecule is CNc1ccc2ccc(OC[C@H]3O[C@@](C#N)(c4cc(-c5ccn(C)n5)c5c(N)ncnn45)[C@H](O)[C@@H]3O)cc2n1. The van der Waals surface area contributed by atoms with Crippen LogP contribution < -0.4 is 15.8 Å². The van der Waals surface area contributed by atoms with Crippen LogP contribution in [0.3, 0.4) is 0 Å². The maximum Gasteiger partial charge on any atom is 0.225 e. The summed E-state index contributed by atoms with van der Waals surface area (Å²) < 4.78 is 15.0. The van der Waals surface area contributed by atoms with Gasteiger partial charge in [0, 0.05) is 37.3 Å². The number of aliphatic hydroxyl groups excluding tert-OH is 2. The number of hydrogen-bond donors (Lipinski definition) is 4. The second-order valence-electron chi connectivity index (χ2n) is 9.27. The Kier molecular flexibility index (Phi) is 5.80. The fraction of sp³-hybridized carbons (Fsp3) is 0.269. The summed E-state index contributed by atoms with van der Waals surface area (Å²) in [6, 6.07) is 14.7. The van der Waals surface area contributed by atoms with Crippen LogP contribution in [-0.4, -0.2) is 71.5 Å². The minimum atomic E-state index is -1.98. The van der Waals surface area contributed by atoms with Crippen molar-refractivity contribution in [1.82, 2.24) is 29.4 Å². The number of nitrogens with zero attached hydrogens (tertiary/aromatic N) is 7. The molecule has 0 radical (unpaired) electrons. The van der Waals surface area contributed by atoms with Crippen molar-refractivity contribution in [3.05, 3.63) is 60.7 Å². The topological polar surface area (TPSA) is 182 Å². The minimum absolute atomic E-state index is 0.133. The van der Waals surface area contributed by atoms with E-state index in [0.717, 1.165) is 10.9 Å². The van der Waals surface area contributed by atoms with Crippen molar-refractivity contribution in [3.8, 4) is 23.1 Å². The Labute approximate surface area is 222 Å². The number of pyridine rings is 1. The van der Waals surface area contributed by atoms with Gasteiger partial charge in [0.05, 0.1) is 16.9 Å². The highest BCUT2D eigenvalue weighted by Crippen LogP contribution is 2.43. The van der Waals surface area contributed by atoms with Gasteiger partial charge < -0.3 is 30.7 Å². The second-order valence-corrected chi connectivity index (χ2v) is 9.27. The predicted molar refractivity (Wildman–Crippen MR) is 141 cm³/mol. The lowest BCUT2D eigenvalue weighted by atomic mass is 9.92. The first-order valence-corrected chi connectivity index (χ1v) is 12.1. The molecule has 0 unspecified atom stereocenters. The first kappa shape index (κ1) is 24.6. The maximum absolute atomic E-state index is 11.2. The summed E-state index contributed by atoms with van der Waals surface area (Å²) in [5, 5.41) is 45.1. The predicted octanol–water partition coefficient (Wildman–Crippen LogP) is 1.22. The van der Waals surface area contributed by atoms with Crippen molar-refractivity contribution in [2.24, 2.45) is 7.05 Å². The molecule has 198 valence electrons. The molecule has 4 atom stereocenters. The first-order chi connectivity index (χ1) is 18.8. The zero-order valence-corrected chi connectivity index (χ0v) is 21.1. The Morgan fingerprint density at radius 2 is 2.05 bits per heavy atom. The van der Waals surface area contributed by atoms with Gasteiger partial charge in [-0.3, -0.25) is 4.68 Å². The molecular formula is C26H25N9O4. The number of rotatable bonds is 6. The summed E-state index contributed by atoms with van der Waals surface area (Å²) in [4.78, 5) is 8.60. The number of fused-ring (bicyclic) bond motifs is 2. The molecule has 39 heavy (non-hydrogen) atoms. The van der Waals surface area contributed by atoms with Crippen LogP contribution in [0.5, 0.6) is 5.75 Å². The van der Waals surface area contributed by atoms with E-state index in [-0.39, 0.29) is 18.1 Å². The number of ether oxygens (including phenoxy) is 2. The zero-order valence-electron chi connectivity index (χ0n) is 21.1. The van der Waals surface area contributed by atoms with Crippen LogP contribution in [-0.2, 0) is 17.4 Å². The lowest BCUT2D eigenvalue weighted by molar-refractivity contribution is -0.0611. The van der Waals surface area contributed by atoms with Gasteiger partial charge >= 0.3 is 0 Å². The molecule has 13 nitrogen and oxygen atoms in total. The summed E-state index contributed by atoms with van der Waals surface area (Å²) in [7, 11) is 3.56. The number of nitrogens with one attached hydrogen (secondary N) is 1. The summed E-state index contributed by atoms with van der Waals surface area (Å²) >= 11 is 0. The van der Waals surface area contributed by atoms with Crippen molar-refractivity contribution < 1.29 is 19.7 Å². The van der Waals surface area contributed by atoms with Crippen molar-refractivity contribution in [1.29, 1.82) is 5.26 Å². The molecule has 6 rings (SSSR count). The quantitative estimate of drug-likeness (QED) is 0.249. The van der Waals surface area contributed by atoms with Crippen LogP contribution in [0, 0.1) is 11.3 Å². The molecule has 5 N–H and O–H groups in total. The highest BCUT2D eigenvalue weighted by atomic mass is 16.6. The molecule has 5 heterocycles. The average Bonchev–Trinajstić information content (AvgIpc) is 3.63. The number of hydrogen-bond acceptors (Lipinski definition) is 11. The van der Waals surface area contributed by atoms with E-state index in [1.54, 1.807) is 49.2 Å². The van der Waals surface area contributed by atoms with Gasteiger partial charge in [0.25, 0.3) is 0 Å². The fourth-order valence-electron chi connectivity index (χ4n) is 4.91. The van der Waals surface area contributed by atoms with E-state index in [1.165, 1.54) is 10.8 Å². The number of aliphatic hydroxyl groups is 2. The lowest BCUT2D eigenvalue weighted by Crippen LogP contribution is -2.41. The van der Waals surface area contributed by atoms with Crippen LogP contribution >= 0.6 is 0 Å². The zero-order chi connectivity index (χ0) is 27.3. The Morgan fingerprint density at radius 3 is 2.79 bits per heavy atom. The molecule has 1 saturated heterocycles. The van der Waals surface area contributed by atoms with E-state index in [9.17, 15) is 15.5 Å². The molecule has 1 aliphatic rings. The number of aromatic nitrogens is 6. The number of nitrogen functional groups attached to an aromatic ring is 1. The molecule has 0 saturated carbocycles. The maximum atomic E-state index is 11.2. The van der Waals surface area contributed by atoms with E-state index < -0.39 is 23.9 Å². The highest BCUT2D eigenvalue weighted by Gasteiger charge is 2.58. The Hall–Kier alpha value is -4.77. The molecule has 1 aromatic carbocycles. The van der Waals surface area contributed by atoms with Crippen LogP contribution in [0.2, 0.25) is 0 Å². The molecule has 0 aliphatic carbocycles. The molecule has 0 bridgehead atoms. The first-order valence-electron chi connectivity index (χ1n) is 12.1. The van der Waals surface area contributed by atoms with Crippen LogP contribution in [0.15, 0.2) is 55.0 Å². The van der Waals surface area contributed by atoms with Gasteiger partial charge in [-0.05, 0) is 36.4 Å². The lowest BCUT2D eigenvalue weighted by Gasteiger charge is -2.24. The third-order valence-electron chi connectivity index (χ3n) is 6.91. The molecule has 0 spiro atoms. The number of nitrogens with two attached hydrogens (primary N) is 1. The molecular weight excluding hydrogens is 502 g/mol.